The second-order valence-electron chi connectivity index (χ2n) is 13.8. The summed E-state index contributed by atoms with van der Waals surface area (Å²) in [6, 6.07) is 64.9. The van der Waals surface area contributed by atoms with Gasteiger partial charge in [-0.3, -0.25) is 0 Å². The maximum Gasteiger partial charge on any atom is 0.194 e. The zero-order chi connectivity index (χ0) is 36.3. The van der Waals surface area contributed by atoms with Crippen LogP contribution in [0.1, 0.15) is 0 Å². The third-order valence-corrected chi connectivity index (χ3v) is 10.4. The van der Waals surface area contributed by atoms with Crippen LogP contribution in [0.25, 0.3) is 83.3 Å². The van der Waals surface area contributed by atoms with Crippen LogP contribution in [0.3, 0.4) is 0 Å². The molecule has 1 aliphatic heterocycles. The fourth-order valence-corrected chi connectivity index (χ4v) is 7.85. The first kappa shape index (κ1) is 31.1. The second-order valence-corrected chi connectivity index (χ2v) is 13.8. The fraction of sp³-hybridized carbons (Fsp3) is 0. The highest BCUT2D eigenvalue weighted by atomic mass is 16.6. The molecule has 0 saturated carbocycles. The lowest BCUT2D eigenvalue weighted by Gasteiger charge is -2.22. The molecule has 10 aromatic rings. The number of nitrogens with zero attached hydrogens (tertiary/aromatic N) is 3. The van der Waals surface area contributed by atoms with E-state index in [2.05, 4.69) is 126 Å². The Balaban J connectivity index is 1.09. The molecule has 0 fully saturated rings. The normalized spacial score (nSPS) is 11.9. The predicted molar refractivity (Wildman–Crippen MR) is 222 cm³/mol. The minimum absolute atomic E-state index is 0.693. The summed E-state index contributed by atoms with van der Waals surface area (Å²) in [6.45, 7) is 0. The van der Waals surface area contributed by atoms with Crippen molar-refractivity contribution in [3.63, 3.8) is 0 Å². The second kappa shape index (κ2) is 12.6. The van der Waals surface area contributed by atoms with Gasteiger partial charge in [0.05, 0.1) is 16.9 Å². The highest BCUT2D eigenvalue weighted by molar-refractivity contribution is 6.20. The SMILES string of the molecule is c1ccc(-c2cc(-c3cccc(-c4cccc(-n5c6c7c(ccc6c6ccc8ccccc8c65)Oc5ccccc5O7)c4)c3)nc(-c3ccccc3)n2)cc1. The van der Waals surface area contributed by atoms with Crippen molar-refractivity contribution in [3.8, 4) is 73.7 Å². The summed E-state index contributed by atoms with van der Waals surface area (Å²) in [7, 11) is 0. The Morgan fingerprint density at radius 2 is 0.964 bits per heavy atom. The van der Waals surface area contributed by atoms with Gasteiger partial charge < -0.3 is 14.0 Å². The lowest BCUT2D eigenvalue weighted by molar-refractivity contribution is 0.362. The van der Waals surface area contributed by atoms with Crippen molar-refractivity contribution in [2.75, 3.05) is 0 Å². The van der Waals surface area contributed by atoms with Crippen LogP contribution in [0.4, 0.5) is 0 Å². The van der Waals surface area contributed by atoms with Crippen LogP contribution in [-0.4, -0.2) is 14.5 Å². The van der Waals surface area contributed by atoms with E-state index in [0.29, 0.717) is 28.8 Å². The van der Waals surface area contributed by atoms with Gasteiger partial charge in [-0.1, -0.05) is 140 Å². The molecule has 5 heteroatoms. The summed E-state index contributed by atoms with van der Waals surface area (Å²) in [6.07, 6.45) is 0. The van der Waals surface area contributed by atoms with Gasteiger partial charge in [0.25, 0.3) is 0 Å². The first-order valence-corrected chi connectivity index (χ1v) is 18.4. The van der Waals surface area contributed by atoms with Gasteiger partial charge in [0.2, 0.25) is 0 Å². The lowest BCUT2D eigenvalue weighted by Crippen LogP contribution is -2.02. The first-order valence-electron chi connectivity index (χ1n) is 18.4. The average Bonchev–Trinajstić information content (AvgIpc) is 3.62. The summed E-state index contributed by atoms with van der Waals surface area (Å²) < 4.78 is 15.5. The van der Waals surface area contributed by atoms with Crippen molar-refractivity contribution in [1.29, 1.82) is 0 Å². The van der Waals surface area contributed by atoms with Crippen LogP contribution in [-0.2, 0) is 0 Å². The molecule has 0 bridgehead atoms. The standard InChI is InChI=1S/C50H31N3O2/c1-3-14-33(15-4-1)42-31-43(52-50(51-42)34-16-5-2-6-17-34)37-20-11-18-35(29-37)36-19-12-21-38(30-36)53-47-39-22-8-7-13-32(39)25-26-40(47)41-27-28-46-49(48(41)53)55-45-24-10-9-23-44(45)54-46/h1-31H. The van der Waals surface area contributed by atoms with Crippen molar-refractivity contribution in [2.45, 2.75) is 0 Å². The number of benzene rings is 8. The van der Waals surface area contributed by atoms with Gasteiger partial charge in [0, 0.05) is 38.5 Å². The van der Waals surface area contributed by atoms with Crippen LogP contribution < -0.4 is 9.47 Å². The summed E-state index contributed by atoms with van der Waals surface area (Å²) >= 11 is 0. The zero-order valence-electron chi connectivity index (χ0n) is 29.6. The Bertz CT molecular complexity index is 3040. The number of fused-ring (bicyclic) bond motifs is 8. The molecule has 0 amide bonds. The van der Waals surface area contributed by atoms with Gasteiger partial charge in [0.15, 0.2) is 28.8 Å². The van der Waals surface area contributed by atoms with Gasteiger partial charge >= 0.3 is 0 Å². The molecule has 55 heavy (non-hydrogen) atoms. The number of ether oxygens (including phenoxy) is 2. The fourth-order valence-electron chi connectivity index (χ4n) is 7.85. The van der Waals surface area contributed by atoms with E-state index in [1.165, 1.54) is 10.8 Å². The first-order chi connectivity index (χ1) is 27.2. The van der Waals surface area contributed by atoms with Crippen LogP contribution in [0.15, 0.2) is 188 Å². The van der Waals surface area contributed by atoms with Gasteiger partial charge in [-0.25, -0.2) is 9.97 Å². The topological polar surface area (TPSA) is 49.2 Å². The summed E-state index contributed by atoms with van der Waals surface area (Å²) in [5.41, 5.74) is 10.1. The number of hydrogen-bond donors (Lipinski definition) is 0. The van der Waals surface area contributed by atoms with Crippen molar-refractivity contribution in [1.82, 2.24) is 14.5 Å². The number of para-hydroxylation sites is 2. The molecule has 0 radical (unpaired) electrons. The molecule has 0 aliphatic carbocycles. The molecule has 5 nitrogen and oxygen atoms in total. The third kappa shape index (κ3) is 5.24. The third-order valence-electron chi connectivity index (χ3n) is 10.4. The highest BCUT2D eigenvalue weighted by Crippen LogP contribution is 2.51. The van der Waals surface area contributed by atoms with Crippen LogP contribution in [0.2, 0.25) is 0 Å². The Morgan fingerprint density at radius 3 is 1.78 bits per heavy atom. The molecule has 3 heterocycles. The van der Waals surface area contributed by atoms with E-state index in [1.54, 1.807) is 0 Å². The zero-order valence-corrected chi connectivity index (χ0v) is 29.6. The van der Waals surface area contributed by atoms with Crippen molar-refractivity contribution < 1.29 is 9.47 Å². The summed E-state index contributed by atoms with van der Waals surface area (Å²) in [5.74, 6) is 3.50. The number of rotatable bonds is 5. The van der Waals surface area contributed by atoms with E-state index in [4.69, 9.17) is 19.4 Å². The van der Waals surface area contributed by atoms with E-state index >= 15 is 0 Å². The molecular weight excluding hydrogens is 675 g/mol. The molecular formula is C50H31N3O2. The molecule has 0 unspecified atom stereocenters. The average molecular weight is 706 g/mol. The molecule has 0 spiro atoms. The lowest BCUT2D eigenvalue weighted by atomic mass is 10.00. The van der Waals surface area contributed by atoms with E-state index < -0.39 is 0 Å². The van der Waals surface area contributed by atoms with Crippen molar-refractivity contribution in [3.05, 3.63) is 188 Å². The molecule has 11 rings (SSSR count). The number of hydrogen-bond acceptors (Lipinski definition) is 4. The Hall–Kier alpha value is -7.50. The smallest absolute Gasteiger partial charge is 0.194 e. The van der Waals surface area contributed by atoms with Crippen LogP contribution in [0, 0.1) is 0 Å². The number of aromatic nitrogens is 3. The molecule has 258 valence electrons. The molecule has 0 N–H and O–H groups in total. The van der Waals surface area contributed by atoms with E-state index in [-0.39, 0.29) is 0 Å². The van der Waals surface area contributed by atoms with Crippen molar-refractivity contribution in [2.24, 2.45) is 0 Å². The monoisotopic (exact) mass is 705 g/mol. The minimum Gasteiger partial charge on any atom is -0.449 e. The van der Waals surface area contributed by atoms with E-state index in [0.717, 1.165) is 66.7 Å². The van der Waals surface area contributed by atoms with Gasteiger partial charge in [0.1, 0.15) is 5.52 Å². The summed E-state index contributed by atoms with van der Waals surface area (Å²) in [5, 5.41) is 4.59. The maximum atomic E-state index is 6.70. The molecule has 2 aromatic heterocycles. The Kier molecular flexibility index (Phi) is 7.10. The highest BCUT2D eigenvalue weighted by Gasteiger charge is 2.26. The van der Waals surface area contributed by atoms with Crippen LogP contribution >= 0.6 is 0 Å². The Labute approximate surface area is 317 Å². The van der Waals surface area contributed by atoms with Crippen molar-refractivity contribution >= 4 is 32.6 Å². The van der Waals surface area contributed by atoms with Gasteiger partial charge in [-0.15, -0.1) is 0 Å². The van der Waals surface area contributed by atoms with E-state index in [1.807, 2.05) is 66.7 Å². The Morgan fingerprint density at radius 1 is 0.364 bits per heavy atom. The van der Waals surface area contributed by atoms with Gasteiger partial charge in [-0.05, 0) is 65.0 Å². The minimum atomic E-state index is 0.693. The van der Waals surface area contributed by atoms with Gasteiger partial charge in [-0.2, -0.15) is 0 Å². The molecule has 1 aliphatic rings. The summed E-state index contributed by atoms with van der Waals surface area (Å²) in [4.78, 5) is 10.1. The quantitative estimate of drug-likeness (QED) is 0.179. The predicted octanol–water partition coefficient (Wildman–Crippen LogP) is 13.3. The molecule has 0 atom stereocenters. The maximum absolute atomic E-state index is 6.70. The largest absolute Gasteiger partial charge is 0.449 e. The van der Waals surface area contributed by atoms with Crippen LogP contribution in [0.5, 0.6) is 23.0 Å². The molecule has 8 aromatic carbocycles. The molecule has 0 saturated heterocycles. The van der Waals surface area contributed by atoms with E-state index in [9.17, 15) is 0 Å².